The summed E-state index contributed by atoms with van der Waals surface area (Å²) in [6, 6.07) is 5.65. The maximum atomic E-state index is 12.8. The number of carbonyl (C=O) groups is 2. The van der Waals surface area contributed by atoms with Gasteiger partial charge in [0.05, 0.1) is 0 Å². The number of fused-ring (bicyclic) bond motifs is 1. The van der Waals surface area contributed by atoms with Gasteiger partial charge in [-0.1, -0.05) is 13.5 Å². The van der Waals surface area contributed by atoms with Crippen molar-refractivity contribution in [2.24, 2.45) is 0 Å². The highest BCUT2D eigenvalue weighted by atomic mass is 16.5. The Morgan fingerprint density at radius 1 is 1.30 bits per heavy atom. The second-order valence-corrected chi connectivity index (χ2v) is 7.65. The maximum Gasteiger partial charge on any atom is 0.255 e. The monoisotopic (exact) mass is 369 g/mol. The third kappa shape index (κ3) is 3.46. The Kier molecular flexibility index (Phi) is 4.91. The fourth-order valence-corrected chi connectivity index (χ4v) is 4.44. The van der Waals surface area contributed by atoms with Crippen LogP contribution < -0.4 is 15.4 Å². The molecule has 1 aliphatic carbocycles. The van der Waals surface area contributed by atoms with Crippen LogP contribution in [0.5, 0.6) is 5.75 Å². The molecule has 2 fully saturated rings. The Morgan fingerprint density at radius 3 is 2.93 bits per heavy atom. The maximum absolute atomic E-state index is 12.8. The van der Waals surface area contributed by atoms with E-state index in [-0.39, 0.29) is 17.9 Å². The Balaban J connectivity index is 1.48. The molecule has 3 atom stereocenters. The Labute approximate surface area is 159 Å². The molecule has 0 bridgehead atoms. The molecule has 4 rings (SSSR count). The van der Waals surface area contributed by atoms with Crippen LogP contribution in [0.4, 0.5) is 0 Å². The number of nitrogens with zero attached hydrogens (tertiary/aromatic N) is 1. The quantitative estimate of drug-likeness (QED) is 0.836. The van der Waals surface area contributed by atoms with Crippen LogP contribution in [0.25, 0.3) is 0 Å². The summed E-state index contributed by atoms with van der Waals surface area (Å²) in [5.41, 5.74) is 2.34. The highest BCUT2D eigenvalue weighted by Crippen LogP contribution is 2.32. The van der Waals surface area contributed by atoms with Crippen LogP contribution in [0.3, 0.4) is 0 Å². The van der Waals surface area contributed by atoms with E-state index in [1.165, 1.54) is 6.42 Å². The minimum atomic E-state index is -0.423. The molecular weight excluding hydrogens is 342 g/mol. The van der Waals surface area contributed by atoms with Crippen molar-refractivity contribution in [3.05, 3.63) is 41.6 Å². The molecule has 6 heteroatoms. The molecule has 0 aromatic heterocycles. The average molecular weight is 369 g/mol. The van der Waals surface area contributed by atoms with Crippen molar-refractivity contribution in [1.82, 2.24) is 15.5 Å². The lowest BCUT2D eigenvalue weighted by Gasteiger charge is -2.30. The fraction of sp³-hybridized carbons (Fsp3) is 0.524. The molecule has 6 nitrogen and oxygen atoms in total. The topological polar surface area (TPSA) is 70.7 Å². The van der Waals surface area contributed by atoms with Gasteiger partial charge in [-0.2, -0.15) is 0 Å². The number of piperidine rings is 1. The number of nitrogens with one attached hydrogen (secondary N) is 2. The number of benzene rings is 1. The Bertz CT molecular complexity index is 776. The van der Waals surface area contributed by atoms with Crippen LogP contribution in [0.1, 0.15) is 54.9 Å². The first-order valence-corrected chi connectivity index (χ1v) is 9.89. The van der Waals surface area contributed by atoms with Crippen molar-refractivity contribution >= 4 is 11.8 Å². The highest BCUT2D eigenvalue weighted by molar-refractivity contribution is 6.01. The van der Waals surface area contributed by atoms with Crippen LogP contribution >= 0.6 is 0 Å². The predicted molar refractivity (Wildman–Crippen MR) is 102 cm³/mol. The fourth-order valence-electron chi connectivity index (χ4n) is 4.44. The van der Waals surface area contributed by atoms with Crippen LogP contribution in [-0.4, -0.2) is 41.4 Å². The van der Waals surface area contributed by atoms with Crippen molar-refractivity contribution in [3.8, 4) is 5.75 Å². The van der Waals surface area contributed by atoms with E-state index in [0.717, 1.165) is 36.4 Å². The van der Waals surface area contributed by atoms with Crippen molar-refractivity contribution in [2.75, 3.05) is 6.54 Å². The van der Waals surface area contributed by atoms with Gasteiger partial charge in [0.25, 0.3) is 5.91 Å². The second-order valence-electron chi connectivity index (χ2n) is 7.65. The van der Waals surface area contributed by atoms with Gasteiger partial charge >= 0.3 is 0 Å². The van der Waals surface area contributed by atoms with E-state index in [0.29, 0.717) is 31.0 Å². The third-order valence-corrected chi connectivity index (χ3v) is 5.81. The smallest absolute Gasteiger partial charge is 0.255 e. The lowest BCUT2D eigenvalue weighted by Crippen LogP contribution is -2.49. The van der Waals surface area contributed by atoms with E-state index in [4.69, 9.17) is 4.74 Å². The summed E-state index contributed by atoms with van der Waals surface area (Å²) in [6.45, 7) is 7.31. The zero-order valence-electron chi connectivity index (χ0n) is 15.8. The SMILES string of the molecule is C=C1CCC(N2Cc3cc(O[C@H]4CCC[C@@H]4NCC)ccc3C2=O)C(=O)N1. The summed E-state index contributed by atoms with van der Waals surface area (Å²) in [5, 5.41) is 6.26. The second kappa shape index (κ2) is 7.35. The molecule has 1 aromatic carbocycles. The number of likely N-dealkylation sites (N-methyl/N-ethyl adjacent to an activating group) is 1. The van der Waals surface area contributed by atoms with Crippen LogP contribution in [0.2, 0.25) is 0 Å². The number of amides is 2. The van der Waals surface area contributed by atoms with E-state index in [1.807, 2.05) is 18.2 Å². The van der Waals surface area contributed by atoms with Gasteiger partial charge in [0.2, 0.25) is 5.91 Å². The molecule has 3 aliphatic rings. The molecule has 2 heterocycles. The predicted octanol–water partition coefficient (Wildman–Crippen LogP) is 2.34. The van der Waals surface area contributed by atoms with Crippen molar-refractivity contribution < 1.29 is 14.3 Å². The van der Waals surface area contributed by atoms with Gasteiger partial charge < -0.3 is 20.3 Å². The molecular formula is C21H27N3O3. The highest BCUT2D eigenvalue weighted by Gasteiger charge is 2.38. The first-order valence-electron chi connectivity index (χ1n) is 9.89. The van der Waals surface area contributed by atoms with Crippen LogP contribution in [-0.2, 0) is 11.3 Å². The number of ether oxygens (including phenoxy) is 1. The van der Waals surface area contributed by atoms with E-state index in [2.05, 4.69) is 24.1 Å². The van der Waals surface area contributed by atoms with Gasteiger partial charge in [0.1, 0.15) is 17.9 Å². The van der Waals surface area contributed by atoms with Gasteiger partial charge in [-0.15, -0.1) is 0 Å². The summed E-state index contributed by atoms with van der Waals surface area (Å²) in [5.74, 6) is 0.596. The standard InChI is InChI=1S/C21H27N3O3/c1-3-22-17-5-4-6-19(17)27-15-8-9-16-14(11-15)12-24(21(16)26)18-10-7-13(2)23-20(18)25/h8-9,11,17-19,22H,2-7,10,12H2,1H3,(H,23,25)/t17-,18?,19-/m0/s1. The van der Waals surface area contributed by atoms with E-state index in [9.17, 15) is 9.59 Å². The molecule has 1 saturated carbocycles. The first-order chi connectivity index (χ1) is 13.1. The van der Waals surface area contributed by atoms with Crippen molar-refractivity contribution in [1.29, 1.82) is 0 Å². The van der Waals surface area contributed by atoms with Crippen LogP contribution in [0, 0.1) is 0 Å². The molecule has 0 spiro atoms. The van der Waals surface area contributed by atoms with Crippen LogP contribution in [0.15, 0.2) is 30.5 Å². The molecule has 27 heavy (non-hydrogen) atoms. The van der Waals surface area contributed by atoms with Gasteiger partial charge in [0, 0.05) is 23.8 Å². The third-order valence-electron chi connectivity index (χ3n) is 5.81. The minimum absolute atomic E-state index is 0.0735. The summed E-state index contributed by atoms with van der Waals surface area (Å²) in [7, 11) is 0. The molecule has 2 amide bonds. The van der Waals surface area contributed by atoms with E-state index < -0.39 is 6.04 Å². The molecule has 1 saturated heterocycles. The summed E-state index contributed by atoms with van der Waals surface area (Å²) in [6.07, 6.45) is 4.86. The van der Waals surface area contributed by atoms with Gasteiger partial charge in [-0.05, 0) is 62.4 Å². The molecule has 0 radical (unpaired) electrons. The van der Waals surface area contributed by atoms with Crippen molar-refractivity contribution in [3.63, 3.8) is 0 Å². The minimum Gasteiger partial charge on any atom is -0.489 e. The number of hydrogen-bond acceptors (Lipinski definition) is 4. The Morgan fingerprint density at radius 2 is 2.15 bits per heavy atom. The lowest BCUT2D eigenvalue weighted by molar-refractivity contribution is -0.126. The molecule has 2 N–H and O–H groups in total. The van der Waals surface area contributed by atoms with Gasteiger partial charge in [-0.3, -0.25) is 9.59 Å². The summed E-state index contributed by atoms with van der Waals surface area (Å²) < 4.78 is 6.23. The van der Waals surface area contributed by atoms with E-state index >= 15 is 0 Å². The zero-order valence-corrected chi connectivity index (χ0v) is 15.8. The summed E-state index contributed by atoms with van der Waals surface area (Å²) in [4.78, 5) is 26.7. The molecule has 2 aliphatic heterocycles. The average Bonchev–Trinajstić information content (AvgIpc) is 3.20. The van der Waals surface area contributed by atoms with Gasteiger partial charge in [0.15, 0.2) is 0 Å². The van der Waals surface area contributed by atoms with Gasteiger partial charge in [-0.25, -0.2) is 0 Å². The summed E-state index contributed by atoms with van der Waals surface area (Å²) >= 11 is 0. The Hall–Kier alpha value is -2.34. The molecule has 1 aromatic rings. The number of carbonyl (C=O) groups excluding carboxylic acids is 2. The van der Waals surface area contributed by atoms with Crippen molar-refractivity contribution in [2.45, 2.75) is 63.8 Å². The normalized spacial score (nSPS) is 27.7. The largest absolute Gasteiger partial charge is 0.489 e. The number of allylic oxidation sites excluding steroid dienone is 1. The van der Waals surface area contributed by atoms with E-state index in [1.54, 1.807) is 4.90 Å². The molecule has 1 unspecified atom stereocenters. The lowest BCUT2D eigenvalue weighted by atomic mass is 10.0. The molecule has 144 valence electrons. The number of hydrogen-bond donors (Lipinski definition) is 2. The first kappa shape index (κ1) is 18.0. The zero-order chi connectivity index (χ0) is 19.0. The number of rotatable bonds is 5.